The molecule has 0 aromatic heterocycles. The molecule has 1 aromatic rings. The van der Waals surface area contributed by atoms with Crippen LogP contribution in [0.1, 0.15) is 18.4 Å². The number of rotatable bonds is 4. The third-order valence-corrected chi connectivity index (χ3v) is 3.56. The van der Waals surface area contributed by atoms with Crippen LogP contribution in [0.2, 0.25) is 0 Å². The monoisotopic (exact) mass is 263 g/mol. The quantitative estimate of drug-likeness (QED) is 0.375. The van der Waals surface area contributed by atoms with Crippen LogP contribution in [0.15, 0.2) is 29.4 Å². The first-order chi connectivity index (χ1) is 9.20. The Balaban J connectivity index is 2.03. The minimum Gasteiger partial charge on any atom is -0.409 e. The highest BCUT2D eigenvalue weighted by atomic mass is 16.5. The molecule has 19 heavy (non-hydrogen) atoms. The van der Waals surface area contributed by atoms with Crippen LogP contribution in [0.25, 0.3) is 0 Å². The molecule has 0 aliphatic carbocycles. The molecular formula is C14H21N3O2. The fraction of sp³-hybridized carbons (Fsp3) is 0.500. The molecule has 1 aromatic carbocycles. The average molecular weight is 263 g/mol. The summed E-state index contributed by atoms with van der Waals surface area (Å²) in [7, 11) is 2.07. The van der Waals surface area contributed by atoms with Gasteiger partial charge in [-0.3, -0.25) is 0 Å². The number of amidine groups is 1. The summed E-state index contributed by atoms with van der Waals surface area (Å²) in [6.07, 6.45) is 2.23. The Morgan fingerprint density at radius 1 is 1.47 bits per heavy atom. The molecule has 0 atom stereocenters. The summed E-state index contributed by atoms with van der Waals surface area (Å²) in [5.74, 6) is 0.813. The van der Waals surface area contributed by atoms with Crippen molar-refractivity contribution in [3.8, 4) is 0 Å². The van der Waals surface area contributed by atoms with Crippen molar-refractivity contribution in [2.75, 3.05) is 31.7 Å². The Morgan fingerprint density at radius 2 is 2.21 bits per heavy atom. The zero-order valence-corrected chi connectivity index (χ0v) is 11.2. The van der Waals surface area contributed by atoms with Gasteiger partial charge in [0.1, 0.15) is 0 Å². The molecule has 104 valence electrons. The molecular weight excluding hydrogens is 242 g/mol. The number of hydrogen-bond donors (Lipinski definition) is 2. The molecule has 1 fully saturated rings. The van der Waals surface area contributed by atoms with Gasteiger partial charge in [-0.05, 0) is 30.9 Å². The maximum atomic E-state index is 8.71. The molecule has 1 aliphatic rings. The molecule has 0 spiro atoms. The van der Waals surface area contributed by atoms with E-state index in [0.717, 1.165) is 43.9 Å². The first-order valence-corrected chi connectivity index (χ1v) is 6.57. The Kier molecular flexibility index (Phi) is 4.63. The van der Waals surface area contributed by atoms with E-state index in [4.69, 9.17) is 15.7 Å². The van der Waals surface area contributed by atoms with E-state index < -0.39 is 0 Å². The molecule has 1 saturated heterocycles. The molecule has 0 saturated carbocycles. The van der Waals surface area contributed by atoms with E-state index in [2.05, 4.69) is 17.1 Å². The van der Waals surface area contributed by atoms with Gasteiger partial charge in [0.2, 0.25) is 0 Å². The van der Waals surface area contributed by atoms with E-state index in [-0.39, 0.29) is 5.84 Å². The third kappa shape index (κ3) is 3.61. The van der Waals surface area contributed by atoms with Gasteiger partial charge in [0, 0.05) is 38.1 Å². The van der Waals surface area contributed by atoms with Crippen LogP contribution < -0.4 is 10.6 Å². The number of nitrogens with two attached hydrogens (primary N) is 1. The molecule has 2 rings (SSSR count). The zero-order valence-electron chi connectivity index (χ0n) is 11.2. The van der Waals surface area contributed by atoms with Crippen LogP contribution in [-0.2, 0) is 4.74 Å². The van der Waals surface area contributed by atoms with Crippen molar-refractivity contribution in [2.24, 2.45) is 16.8 Å². The van der Waals surface area contributed by atoms with Gasteiger partial charge in [0.15, 0.2) is 5.84 Å². The SMILES string of the molecule is CN(CC1CCOCC1)c1cccc(C(N)=NO)c1. The van der Waals surface area contributed by atoms with E-state index in [1.165, 1.54) is 0 Å². The zero-order chi connectivity index (χ0) is 13.7. The number of ether oxygens (including phenoxy) is 1. The normalized spacial score (nSPS) is 17.4. The first-order valence-electron chi connectivity index (χ1n) is 6.57. The van der Waals surface area contributed by atoms with Crippen molar-refractivity contribution in [1.29, 1.82) is 0 Å². The van der Waals surface area contributed by atoms with E-state index in [1.807, 2.05) is 24.3 Å². The van der Waals surface area contributed by atoms with E-state index in [9.17, 15) is 0 Å². The van der Waals surface area contributed by atoms with Gasteiger partial charge in [0.25, 0.3) is 0 Å². The number of hydrogen-bond acceptors (Lipinski definition) is 4. The van der Waals surface area contributed by atoms with Gasteiger partial charge in [-0.25, -0.2) is 0 Å². The predicted octanol–water partition coefficient (Wildman–Crippen LogP) is 1.64. The second kappa shape index (κ2) is 6.43. The summed E-state index contributed by atoms with van der Waals surface area (Å²) >= 11 is 0. The number of nitrogens with zero attached hydrogens (tertiary/aromatic N) is 2. The van der Waals surface area contributed by atoms with Gasteiger partial charge < -0.3 is 20.6 Å². The largest absolute Gasteiger partial charge is 0.409 e. The Hall–Kier alpha value is -1.75. The van der Waals surface area contributed by atoms with Crippen LogP contribution in [0, 0.1) is 5.92 Å². The second-order valence-electron chi connectivity index (χ2n) is 4.97. The maximum Gasteiger partial charge on any atom is 0.170 e. The summed E-state index contributed by atoms with van der Waals surface area (Å²) in [6, 6.07) is 7.73. The van der Waals surface area contributed by atoms with E-state index in [0.29, 0.717) is 5.92 Å². The topological polar surface area (TPSA) is 71.1 Å². The minimum atomic E-state index is 0.140. The van der Waals surface area contributed by atoms with Crippen molar-refractivity contribution in [3.63, 3.8) is 0 Å². The van der Waals surface area contributed by atoms with Gasteiger partial charge in [-0.15, -0.1) is 0 Å². The fourth-order valence-electron chi connectivity index (χ4n) is 2.38. The summed E-state index contributed by atoms with van der Waals surface area (Å²) < 4.78 is 5.37. The predicted molar refractivity (Wildman–Crippen MR) is 75.8 cm³/mol. The lowest BCUT2D eigenvalue weighted by Crippen LogP contribution is -2.29. The van der Waals surface area contributed by atoms with Gasteiger partial charge >= 0.3 is 0 Å². The van der Waals surface area contributed by atoms with Crippen molar-refractivity contribution in [1.82, 2.24) is 0 Å². The standard InChI is InChI=1S/C14H21N3O2/c1-17(10-11-5-7-19-8-6-11)13-4-2-3-12(9-13)14(15)16-18/h2-4,9,11,18H,5-8,10H2,1H3,(H2,15,16). The van der Waals surface area contributed by atoms with Gasteiger partial charge in [-0.2, -0.15) is 0 Å². The molecule has 1 aliphatic heterocycles. The number of oxime groups is 1. The molecule has 1 heterocycles. The highest BCUT2D eigenvalue weighted by Crippen LogP contribution is 2.20. The van der Waals surface area contributed by atoms with Crippen LogP contribution in [0.4, 0.5) is 5.69 Å². The van der Waals surface area contributed by atoms with E-state index >= 15 is 0 Å². The van der Waals surface area contributed by atoms with Crippen LogP contribution in [0.5, 0.6) is 0 Å². The Labute approximate surface area is 113 Å². The molecule has 0 radical (unpaired) electrons. The van der Waals surface area contributed by atoms with Gasteiger partial charge in [0.05, 0.1) is 0 Å². The van der Waals surface area contributed by atoms with Crippen molar-refractivity contribution in [3.05, 3.63) is 29.8 Å². The molecule has 0 bridgehead atoms. The smallest absolute Gasteiger partial charge is 0.170 e. The molecule has 0 amide bonds. The Bertz CT molecular complexity index is 442. The second-order valence-corrected chi connectivity index (χ2v) is 4.97. The number of anilines is 1. The number of benzene rings is 1. The summed E-state index contributed by atoms with van der Waals surface area (Å²) in [5, 5.41) is 11.7. The van der Waals surface area contributed by atoms with Crippen LogP contribution in [0.3, 0.4) is 0 Å². The van der Waals surface area contributed by atoms with Crippen molar-refractivity contribution < 1.29 is 9.94 Å². The average Bonchev–Trinajstić information content (AvgIpc) is 2.47. The molecule has 5 nitrogen and oxygen atoms in total. The lowest BCUT2D eigenvalue weighted by atomic mass is 9.99. The highest BCUT2D eigenvalue weighted by molar-refractivity contribution is 5.97. The highest BCUT2D eigenvalue weighted by Gasteiger charge is 2.16. The first kappa shape index (κ1) is 13.7. The summed E-state index contributed by atoms with van der Waals surface area (Å²) in [6.45, 7) is 2.73. The lowest BCUT2D eigenvalue weighted by molar-refractivity contribution is 0.0685. The lowest BCUT2D eigenvalue weighted by Gasteiger charge is -2.28. The molecule has 5 heteroatoms. The molecule has 0 unspecified atom stereocenters. The van der Waals surface area contributed by atoms with Crippen molar-refractivity contribution in [2.45, 2.75) is 12.8 Å². The maximum absolute atomic E-state index is 8.71. The summed E-state index contributed by atoms with van der Waals surface area (Å²) in [4.78, 5) is 2.21. The van der Waals surface area contributed by atoms with E-state index in [1.54, 1.807) is 0 Å². The molecule has 3 N–H and O–H groups in total. The fourth-order valence-corrected chi connectivity index (χ4v) is 2.38. The van der Waals surface area contributed by atoms with Crippen LogP contribution >= 0.6 is 0 Å². The van der Waals surface area contributed by atoms with Gasteiger partial charge in [-0.1, -0.05) is 17.3 Å². The Morgan fingerprint density at radius 3 is 2.89 bits per heavy atom. The van der Waals surface area contributed by atoms with Crippen molar-refractivity contribution >= 4 is 11.5 Å². The van der Waals surface area contributed by atoms with Crippen LogP contribution in [-0.4, -0.2) is 37.8 Å². The minimum absolute atomic E-state index is 0.140. The summed E-state index contributed by atoms with van der Waals surface area (Å²) in [5.41, 5.74) is 7.43. The third-order valence-electron chi connectivity index (χ3n) is 3.56.